The fourth-order valence-electron chi connectivity index (χ4n) is 2.82. The molecular formula is C20H30N+. The summed E-state index contributed by atoms with van der Waals surface area (Å²) < 4.78 is 0. The molecule has 0 aromatic carbocycles. The summed E-state index contributed by atoms with van der Waals surface area (Å²) >= 11 is 0. The first-order valence-electron chi connectivity index (χ1n) is 7.77. The van der Waals surface area contributed by atoms with Crippen LogP contribution in [0.2, 0.25) is 0 Å². The van der Waals surface area contributed by atoms with Crippen molar-refractivity contribution < 1.29 is 1.43 Å². The van der Waals surface area contributed by atoms with Crippen molar-refractivity contribution in [1.29, 1.82) is 5.41 Å². The van der Waals surface area contributed by atoms with Crippen molar-refractivity contribution >= 4 is 6.21 Å². The van der Waals surface area contributed by atoms with Crippen LogP contribution in [0.15, 0.2) is 58.7 Å². The van der Waals surface area contributed by atoms with E-state index in [2.05, 4.69) is 45.9 Å². The Bertz CT molecular complexity index is 528. The van der Waals surface area contributed by atoms with E-state index in [0.717, 1.165) is 5.57 Å². The second-order valence-corrected chi connectivity index (χ2v) is 6.61. The van der Waals surface area contributed by atoms with Gasteiger partial charge in [0.25, 0.3) is 0 Å². The van der Waals surface area contributed by atoms with E-state index in [1.807, 2.05) is 19.1 Å². The maximum atomic E-state index is 7.02. The van der Waals surface area contributed by atoms with Gasteiger partial charge in [-0.05, 0) is 62.7 Å². The zero-order chi connectivity index (χ0) is 15.9. The lowest BCUT2D eigenvalue weighted by molar-refractivity contribution is 0.377. The normalized spacial score (nSPS) is 20.6. The average Bonchev–Trinajstić information content (AvgIpc) is 2.37. The molecule has 0 saturated heterocycles. The van der Waals surface area contributed by atoms with E-state index in [-0.39, 0.29) is 1.43 Å². The Hall–Kier alpha value is -1.63. The van der Waals surface area contributed by atoms with Crippen LogP contribution in [0.1, 0.15) is 55.3 Å². The summed E-state index contributed by atoms with van der Waals surface area (Å²) in [5, 5.41) is 7.02. The van der Waals surface area contributed by atoms with Crippen molar-refractivity contribution in [1.82, 2.24) is 0 Å². The molecule has 0 aromatic heterocycles. The van der Waals surface area contributed by atoms with Crippen molar-refractivity contribution in [2.45, 2.75) is 53.9 Å². The molecule has 1 N–H and O–H groups in total. The first-order chi connectivity index (χ1) is 9.86. The number of hydrogen-bond donors (Lipinski definition) is 1. The minimum atomic E-state index is 0. The molecule has 0 spiro atoms. The van der Waals surface area contributed by atoms with Gasteiger partial charge >= 0.3 is 1.43 Å². The van der Waals surface area contributed by atoms with E-state index in [1.165, 1.54) is 42.2 Å². The van der Waals surface area contributed by atoms with E-state index in [9.17, 15) is 0 Å². The Morgan fingerprint density at radius 2 is 1.81 bits per heavy atom. The van der Waals surface area contributed by atoms with Gasteiger partial charge in [0.05, 0.1) is 0 Å². The Kier molecular flexibility index (Phi) is 6.61. The Morgan fingerprint density at radius 3 is 2.43 bits per heavy atom. The quantitative estimate of drug-likeness (QED) is 0.454. The first-order valence-corrected chi connectivity index (χ1v) is 7.77. The van der Waals surface area contributed by atoms with Crippen LogP contribution in [0.3, 0.4) is 0 Å². The van der Waals surface area contributed by atoms with Crippen molar-refractivity contribution in [3.8, 4) is 0 Å². The molecule has 0 unspecified atom stereocenters. The lowest BCUT2D eigenvalue weighted by atomic mass is 9.72. The molecule has 1 aliphatic rings. The van der Waals surface area contributed by atoms with Crippen LogP contribution in [-0.4, -0.2) is 6.21 Å². The molecule has 0 fully saturated rings. The van der Waals surface area contributed by atoms with Gasteiger partial charge in [0.2, 0.25) is 0 Å². The Morgan fingerprint density at radius 1 is 1.14 bits per heavy atom. The summed E-state index contributed by atoms with van der Waals surface area (Å²) in [6.45, 7) is 11.1. The Labute approximate surface area is 131 Å². The van der Waals surface area contributed by atoms with Crippen LogP contribution in [-0.2, 0) is 0 Å². The van der Waals surface area contributed by atoms with E-state index in [4.69, 9.17) is 5.41 Å². The van der Waals surface area contributed by atoms with Gasteiger partial charge < -0.3 is 5.41 Å². The van der Waals surface area contributed by atoms with Crippen LogP contribution in [0.25, 0.3) is 0 Å². The van der Waals surface area contributed by atoms with Crippen LogP contribution in [0, 0.1) is 10.8 Å². The molecule has 114 valence electrons. The van der Waals surface area contributed by atoms with Gasteiger partial charge in [0.1, 0.15) is 0 Å². The maximum Gasteiger partial charge on any atom is 1.00 e. The van der Waals surface area contributed by atoms with E-state index < -0.39 is 0 Å². The summed E-state index contributed by atoms with van der Waals surface area (Å²) in [7, 11) is 0. The lowest BCUT2D eigenvalue weighted by Gasteiger charge is -2.32. The summed E-state index contributed by atoms with van der Waals surface area (Å²) in [4.78, 5) is 0. The van der Waals surface area contributed by atoms with Crippen LogP contribution in [0.5, 0.6) is 0 Å². The summed E-state index contributed by atoms with van der Waals surface area (Å²) in [6.07, 6.45) is 17.6. The largest absolute Gasteiger partial charge is 1.00 e. The van der Waals surface area contributed by atoms with Gasteiger partial charge in [-0.15, -0.1) is 0 Å². The zero-order valence-corrected chi connectivity index (χ0v) is 14.2. The molecule has 1 heteroatoms. The summed E-state index contributed by atoms with van der Waals surface area (Å²) in [5.74, 6) is 0. The van der Waals surface area contributed by atoms with Gasteiger partial charge in [-0.25, -0.2) is 0 Å². The van der Waals surface area contributed by atoms with Crippen LogP contribution < -0.4 is 0 Å². The predicted molar refractivity (Wildman–Crippen MR) is 96.0 cm³/mol. The van der Waals surface area contributed by atoms with Gasteiger partial charge in [0, 0.05) is 6.21 Å². The second kappa shape index (κ2) is 7.97. The average molecular weight is 284 g/mol. The van der Waals surface area contributed by atoms with E-state index in [0.29, 0.717) is 5.41 Å². The highest BCUT2D eigenvalue weighted by Gasteiger charge is 2.26. The predicted octanol–water partition coefficient (Wildman–Crippen LogP) is 6.28. The zero-order valence-electron chi connectivity index (χ0n) is 15.2. The van der Waals surface area contributed by atoms with Gasteiger partial charge in [-0.3, -0.25) is 0 Å². The highest BCUT2D eigenvalue weighted by molar-refractivity contribution is 5.69. The topological polar surface area (TPSA) is 23.9 Å². The Balaban J connectivity index is 0.00000441. The van der Waals surface area contributed by atoms with Gasteiger partial charge in [-0.2, -0.15) is 0 Å². The van der Waals surface area contributed by atoms with Crippen molar-refractivity contribution in [3.05, 3.63) is 58.7 Å². The van der Waals surface area contributed by atoms with Crippen molar-refractivity contribution in [3.63, 3.8) is 0 Å². The molecule has 0 heterocycles. The minimum absolute atomic E-state index is 0. The third kappa shape index (κ3) is 5.71. The standard InChI is InChI=1S/C20H29N/c1-16(8-6-9-17(2)13-15-21)11-12-19-18(3)10-7-14-20(19,4)5/h6,8-9,11-13,15,21H,7,10,14H2,1-5H3/p+1/b9-6-,12-11+,16-8+,17-13+,21-15?. The molecule has 0 radical (unpaired) electrons. The number of rotatable bonds is 5. The SMILES string of the molecule is CC1=C(/C=C/C(C)=C/C=C\C(C)=C\C=N)C(C)(C)CCC1.[H+]. The number of allylic oxidation sites excluding steroid dienone is 10. The van der Waals surface area contributed by atoms with E-state index >= 15 is 0 Å². The monoisotopic (exact) mass is 284 g/mol. The molecule has 0 saturated carbocycles. The molecule has 1 rings (SSSR count). The van der Waals surface area contributed by atoms with Crippen molar-refractivity contribution in [2.24, 2.45) is 5.41 Å². The molecule has 1 aliphatic carbocycles. The fourth-order valence-corrected chi connectivity index (χ4v) is 2.82. The van der Waals surface area contributed by atoms with Gasteiger partial charge in [0.15, 0.2) is 0 Å². The highest BCUT2D eigenvalue weighted by Crippen LogP contribution is 2.40. The molecule has 1 nitrogen and oxygen atoms in total. The molecule has 0 aliphatic heterocycles. The number of hydrogen-bond acceptors (Lipinski definition) is 1. The maximum absolute atomic E-state index is 7.02. The molecule has 0 aromatic rings. The third-order valence-corrected chi connectivity index (χ3v) is 4.12. The summed E-state index contributed by atoms with van der Waals surface area (Å²) in [5.41, 5.74) is 5.68. The van der Waals surface area contributed by atoms with Crippen LogP contribution in [0.4, 0.5) is 0 Å². The molecule has 0 amide bonds. The fraction of sp³-hybridized carbons (Fsp3) is 0.450. The lowest BCUT2D eigenvalue weighted by Crippen LogP contribution is -2.19. The van der Waals surface area contributed by atoms with Crippen molar-refractivity contribution in [2.75, 3.05) is 0 Å². The molecule has 21 heavy (non-hydrogen) atoms. The molecular weight excluding hydrogens is 254 g/mol. The smallest absolute Gasteiger partial charge is 0.309 e. The summed E-state index contributed by atoms with van der Waals surface area (Å²) in [6, 6.07) is 0. The first kappa shape index (κ1) is 17.4. The molecule has 0 bridgehead atoms. The van der Waals surface area contributed by atoms with E-state index in [1.54, 1.807) is 6.08 Å². The highest BCUT2D eigenvalue weighted by atomic mass is 14.3. The minimum Gasteiger partial charge on any atom is -0.309 e. The van der Waals surface area contributed by atoms with Crippen LogP contribution >= 0.6 is 0 Å². The third-order valence-electron chi connectivity index (χ3n) is 4.12. The second-order valence-electron chi connectivity index (χ2n) is 6.61. The molecule has 0 atom stereocenters. The number of nitrogens with one attached hydrogen (secondary N) is 1. The van der Waals surface area contributed by atoms with Gasteiger partial charge in [-0.1, -0.05) is 55.4 Å².